The SMILES string of the molecule is O=C(CCCO[C@H]1O[C@H](CO)[C@@H](O)[C@H](O)[C@@H]1O)CN(CC(=O)NCCO[C@H]1O[C@H](CO)[C@@H](O)[C@H](O)[C@@H]1O)CC(=O)NCC(=O)N[C@@H](CCCCNC(=O)CCCCC(=O)ON1C(=O)CCC1=O)C(=O)CCCO[C@H]1O[C@H](CO)[C@@H](O)[C@H](O)[C@@H]1O. The number of hydrogen-bond acceptors (Lipinski definition) is 29. The maximum atomic E-state index is 13.6. The van der Waals surface area contributed by atoms with E-state index in [1.165, 1.54) is 0 Å². The minimum absolute atomic E-state index is 0.00206. The van der Waals surface area contributed by atoms with Crippen molar-refractivity contribution >= 4 is 53.0 Å². The number of nitrogens with zero attached hydrogens (tertiary/aromatic N) is 2. The van der Waals surface area contributed by atoms with Crippen LogP contribution in [-0.4, -0.2) is 301 Å². The monoisotopic (exact) mass is 1210 g/mol. The molecule has 0 aliphatic carbocycles. The van der Waals surface area contributed by atoms with Crippen LogP contribution in [0.2, 0.25) is 0 Å². The Morgan fingerprint density at radius 3 is 1.48 bits per heavy atom. The lowest BCUT2D eigenvalue weighted by molar-refractivity contribution is -0.301. The molecule has 4 heterocycles. The quantitative estimate of drug-likeness (QED) is 0.0202. The van der Waals surface area contributed by atoms with Gasteiger partial charge in [-0.2, -0.15) is 0 Å². The minimum Gasteiger partial charge on any atom is -0.394 e. The molecule has 34 heteroatoms. The molecule has 4 aliphatic heterocycles. The van der Waals surface area contributed by atoms with Gasteiger partial charge in [0.2, 0.25) is 23.6 Å². The highest BCUT2D eigenvalue weighted by atomic mass is 16.7. The molecule has 0 spiro atoms. The number of imide groups is 1. The lowest BCUT2D eigenvalue weighted by Gasteiger charge is -2.39. The summed E-state index contributed by atoms with van der Waals surface area (Å²) in [7, 11) is 0. The first-order valence-electron chi connectivity index (χ1n) is 27.7. The third-order valence-corrected chi connectivity index (χ3v) is 13.8. The van der Waals surface area contributed by atoms with Gasteiger partial charge in [-0.05, 0) is 44.9 Å². The number of nitrogens with one attached hydrogen (secondary N) is 4. The molecular formula is C50H82N6O28. The zero-order valence-electron chi connectivity index (χ0n) is 46.2. The van der Waals surface area contributed by atoms with Crippen molar-refractivity contribution in [3.63, 3.8) is 0 Å². The van der Waals surface area contributed by atoms with Crippen molar-refractivity contribution in [2.24, 2.45) is 0 Å². The summed E-state index contributed by atoms with van der Waals surface area (Å²) in [6.07, 6.45) is -22.9. The molecule has 6 amide bonds. The van der Waals surface area contributed by atoms with Gasteiger partial charge in [-0.15, -0.1) is 5.06 Å². The molecule has 0 radical (unpaired) electrons. The van der Waals surface area contributed by atoms with Gasteiger partial charge in [0.1, 0.15) is 79.0 Å². The Hall–Kier alpha value is -4.93. The predicted molar refractivity (Wildman–Crippen MR) is 275 cm³/mol. The summed E-state index contributed by atoms with van der Waals surface area (Å²) in [6, 6.07) is -1.16. The zero-order valence-corrected chi connectivity index (χ0v) is 46.2. The highest BCUT2D eigenvalue weighted by Crippen LogP contribution is 2.25. The molecule has 4 rings (SSSR count). The Labute approximate surface area is 481 Å². The molecule has 4 saturated heterocycles. The van der Waals surface area contributed by atoms with E-state index >= 15 is 0 Å². The van der Waals surface area contributed by atoms with E-state index < -0.39 is 191 Å². The molecule has 16 atom stereocenters. The summed E-state index contributed by atoms with van der Waals surface area (Å²) < 4.78 is 32.2. The fourth-order valence-electron chi connectivity index (χ4n) is 8.97. The molecule has 4 aliphatic rings. The molecule has 0 aromatic carbocycles. The second-order valence-corrected chi connectivity index (χ2v) is 20.4. The lowest BCUT2D eigenvalue weighted by Crippen LogP contribution is -2.59. The van der Waals surface area contributed by atoms with Crippen LogP contribution < -0.4 is 21.3 Å². The number of hydrogen-bond donors (Lipinski definition) is 16. The average molecular weight is 1220 g/mol. The maximum absolute atomic E-state index is 13.6. The van der Waals surface area contributed by atoms with Crippen molar-refractivity contribution in [2.75, 3.05) is 78.9 Å². The third-order valence-electron chi connectivity index (χ3n) is 13.8. The summed E-state index contributed by atoms with van der Waals surface area (Å²) >= 11 is 0. The van der Waals surface area contributed by atoms with E-state index in [0.29, 0.717) is 11.5 Å². The second kappa shape index (κ2) is 36.9. The number of unbranched alkanes of at least 4 members (excludes halogenated alkanes) is 2. The van der Waals surface area contributed by atoms with Gasteiger partial charge in [0.05, 0.1) is 71.9 Å². The number of Topliss-reactive ketones (excluding diaryl/α,β-unsaturated/α-hetero) is 2. The highest BCUT2D eigenvalue weighted by molar-refractivity contribution is 6.01. The van der Waals surface area contributed by atoms with E-state index in [4.69, 9.17) is 33.3 Å². The first kappa shape index (κ1) is 71.6. The van der Waals surface area contributed by atoms with E-state index in [0.717, 1.165) is 4.90 Å². The van der Waals surface area contributed by atoms with Crippen molar-refractivity contribution in [3.05, 3.63) is 0 Å². The van der Waals surface area contributed by atoms with Crippen molar-refractivity contribution in [1.29, 1.82) is 0 Å². The minimum atomic E-state index is -1.72. The Bertz CT molecular complexity index is 2050. The van der Waals surface area contributed by atoms with E-state index in [1.54, 1.807) is 0 Å². The number of ether oxygens (including phenoxy) is 6. The number of ketones is 2. The first-order valence-corrected chi connectivity index (χ1v) is 27.7. The average Bonchev–Trinajstić information content (AvgIpc) is 3.84. The van der Waals surface area contributed by atoms with E-state index in [9.17, 15) is 104 Å². The lowest BCUT2D eigenvalue weighted by atomic mass is 9.99. The first-order chi connectivity index (χ1) is 40.0. The number of hydroxylamine groups is 2. The predicted octanol–water partition coefficient (Wildman–Crippen LogP) is -9.39. The number of rotatable bonds is 38. The normalized spacial score (nSPS) is 29.3. The summed E-state index contributed by atoms with van der Waals surface area (Å²) in [5, 5.41) is 130. The zero-order chi connectivity index (χ0) is 62.0. The van der Waals surface area contributed by atoms with Crippen molar-refractivity contribution in [2.45, 2.75) is 182 Å². The van der Waals surface area contributed by atoms with Gasteiger partial charge in [-0.3, -0.25) is 43.3 Å². The van der Waals surface area contributed by atoms with Crippen LogP contribution in [0, 0.1) is 0 Å². The third kappa shape index (κ3) is 23.1. The molecule has 4 fully saturated rings. The summed E-state index contributed by atoms with van der Waals surface area (Å²) in [4.78, 5) is 120. The Balaban J connectivity index is 1.30. The molecule has 0 aromatic rings. The number of amides is 6. The Morgan fingerprint density at radius 1 is 0.500 bits per heavy atom. The summed E-state index contributed by atoms with van der Waals surface area (Å²) in [5.74, 6) is -5.86. The van der Waals surface area contributed by atoms with Crippen LogP contribution in [-0.2, 0) is 76.4 Å². The Kier molecular flexibility index (Phi) is 31.4. The van der Waals surface area contributed by atoms with Crippen LogP contribution >= 0.6 is 0 Å². The molecular weight excluding hydrogens is 1130 g/mol. The van der Waals surface area contributed by atoms with Crippen LogP contribution in [0.25, 0.3) is 0 Å². The van der Waals surface area contributed by atoms with Crippen LogP contribution in [0.1, 0.15) is 83.5 Å². The van der Waals surface area contributed by atoms with Crippen LogP contribution in [0.5, 0.6) is 0 Å². The van der Waals surface area contributed by atoms with Gasteiger partial charge in [-0.1, -0.05) is 0 Å². The number of aliphatic hydroxyl groups excluding tert-OH is 12. The highest BCUT2D eigenvalue weighted by Gasteiger charge is 2.46. The fourth-order valence-corrected chi connectivity index (χ4v) is 8.97. The van der Waals surface area contributed by atoms with E-state index in [-0.39, 0.29) is 116 Å². The van der Waals surface area contributed by atoms with E-state index in [2.05, 4.69) is 21.3 Å². The van der Waals surface area contributed by atoms with Crippen LogP contribution in [0.3, 0.4) is 0 Å². The number of aliphatic hydroxyl groups is 12. The van der Waals surface area contributed by atoms with Crippen molar-refractivity contribution in [3.8, 4) is 0 Å². The molecule has 480 valence electrons. The maximum Gasteiger partial charge on any atom is 0.333 e. The van der Waals surface area contributed by atoms with E-state index in [1.807, 2.05) is 0 Å². The van der Waals surface area contributed by atoms with Gasteiger partial charge in [0.25, 0.3) is 11.8 Å². The standard InChI is InChI=1S/C50H82N6O28/c57-23-29-39(69)42(72)45(75)48(81-29)78-16-5-7-26(60)20-55(21-34(64)52-15-18-80-50-47(77)44(74)41(71)31(25-59)83-50)22-35(65)53-19-33(63)54-27(28(61)9-6-17-79-49-46(76)43(73)40(70)30(24-58)82-49)8-3-4-14-51-32(62)10-1-2-11-38(68)84-56-36(66)12-13-37(56)67/h27,29-31,39-50,57-59,69-77H,1-25H2,(H,51,62)(H,52,64)(H,53,65)(H,54,63)/t27-,29+,30+,31+,39+,40+,41+,42-,43-,44-,45-,46-,47-,48-,49-,50-/m0/s1. The molecule has 0 saturated carbocycles. The van der Waals surface area contributed by atoms with Gasteiger partial charge in [0, 0.05) is 51.6 Å². The van der Waals surface area contributed by atoms with Gasteiger partial charge >= 0.3 is 5.97 Å². The Morgan fingerprint density at radius 2 is 0.964 bits per heavy atom. The molecule has 16 N–H and O–H groups in total. The fraction of sp³-hybridized carbons (Fsp3) is 0.820. The number of carbonyl (C=O) groups is 9. The van der Waals surface area contributed by atoms with Crippen molar-refractivity contribution < 1.29 is 138 Å². The topological polar surface area (TPSA) is 516 Å². The number of carbonyl (C=O) groups excluding carboxylic acids is 9. The summed E-state index contributed by atoms with van der Waals surface area (Å²) in [5.41, 5.74) is 0. The molecule has 34 nitrogen and oxygen atoms in total. The van der Waals surface area contributed by atoms with Gasteiger partial charge < -0.3 is 116 Å². The van der Waals surface area contributed by atoms with Crippen LogP contribution in [0.4, 0.5) is 0 Å². The molecule has 84 heavy (non-hydrogen) atoms. The largest absolute Gasteiger partial charge is 0.394 e. The van der Waals surface area contributed by atoms with Crippen molar-refractivity contribution in [1.82, 2.24) is 31.2 Å². The molecule has 0 aromatic heterocycles. The summed E-state index contributed by atoms with van der Waals surface area (Å²) in [6.45, 7) is -5.44. The van der Waals surface area contributed by atoms with Gasteiger partial charge in [0.15, 0.2) is 24.7 Å². The smallest absolute Gasteiger partial charge is 0.333 e. The molecule has 0 bridgehead atoms. The molecule has 0 unspecified atom stereocenters. The second-order valence-electron chi connectivity index (χ2n) is 20.4. The van der Waals surface area contributed by atoms with Crippen LogP contribution in [0.15, 0.2) is 0 Å². The van der Waals surface area contributed by atoms with Gasteiger partial charge in [-0.25, -0.2) is 4.79 Å².